The Labute approximate surface area is 232 Å². The molecule has 0 saturated carbocycles. The Bertz CT molecular complexity index is 1410. The van der Waals surface area contributed by atoms with Gasteiger partial charge in [0.1, 0.15) is 0 Å². The van der Waals surface area contributed by atoms with Crippen LogP contribution in [0, 0.1) is 0 Å². The van der Waals surface area contributed by atoms with E-state index in [0.717, 1.165) is 5.56 Å². The van der Waals surface area contributed by atoms with Crippen LogP contribution in [-0.2, 0) is 9.59 Å². The largest absolute Gasteiger partial charge is 0.349 e. The molecule has 6 nitrogen and oxygen atoms in total. The van der Waals surface area contributed by atoms with Gasteiger partial charge >= 0.3 is 0 Å². The second kappa shape index (κ2) is 13.3. The number of amides is 3. The molecule has 3 amide bonds. The first-order chi connectivity index (χ1) is 18.9. The Morgan fingerprint density at radius 1 is 0.641 bits per heavy atom. The average Bonchev–Trinajstić information content (AvgIpc) is 2.96. The zero-order chi connectivity index (χ0) is 27.6. The first-order valence-electron chi connectivity index (χ1n) is 12.5. The molecule has 0 bridgehead atoms. The molecule has 196 valence electrons. The summed E-state index contributed by atoms with van der Waals surface area (Å²) in [6.07, 6.45) is 1.05. The predicted molar refractivity (Wildman–Crippen MR) is 150 cm³/mol. The summed E-state index contributed by atoms with van der Waals surface area (Å²) in [5.41, 5.74) is 3.30. The van der Waals surface area contributed by atoms with E-state index in [0.29, 0.717) is 24.0 Å². The normalized spacial score (nSPS) is 17.1. The van der Waals surface area contributed by atoms with Crippen molar-refractivity contribution >= 4 is 34.6 Å². The van der Waals surface area contributed by atoms with Crippen LogP contribution in [-0.4, -0.2) is 27.9 Å². The molecule has 7 heteroatoms. The van der Waals surface area contributed by atoms with Crippen molar-refractivity contribution in [3.05, 3.63) is 144 Å². The van der Waals surface area contributed by atoms with Gasteiger partial charge in [0.2, 0.25) is 11.8 Å². The maximum atomic E-state index is 12.3. The number of hydrogen-bond acceptors (Lipinski definition) is 4. The van der Waals surface area contributed by atoms with E-state index in [1.165, 1.54) is 10.5 Å². The zero-order valence-electron chi connectivity index (χ0n) is 21.1. The molecule has 2 fully saturated rings. The number of likely N-dealkylation sites (tertiary alicyclic amines) is 1. The summed E-state index contributed by atoms with van der Waals surface area (Å²) in [6, 6.07) is 37.5. The van der Waals surface area contributed by atoms with Crippen molar-refractivity contribution in [2.45, 2.75) is 24.9 Å². The van der Waals surface area contributed by atoms with E-state index in [-0.39, 0.29) is 29.8 Å². The highest BCUT2D eigenvalue weighted by atomic mass is 35.5. The van der Waals surface area contributed by atoms with Gasteiger partial charge in [-0.25, -0.2) is 0 Å². The Balaban J connectivity index is 0.000000149. The molecule has 0 radical (unpaired) electrons. The van der Waals surface area contributed by atoms with Gasteiger partial charge < -0.3 is 5.32 Å². The van der Waals surface area contributed by atoms with Gasteiger partial charge in [0.15, 0.2) is 0 Å². The van der Waals surface area contributed by atoms with E-state index < -0.39 is 5.24 Å². The molecule has 2 unspecified atom stereocenters. The lowest BCUT2D eigenvalue weighted by Crippen LogP contribution is -2.49. The van der Waals surface area contributed by atoms with Crippen molar-refractivity contribution in [3.63, 3.8) is 0 Å². The summed E-state index contributed by atoms with van der Waals surface area (Å²) < 4.78 is 0. The maximum absolute atomic E-state index is 12.3. The van der Waals surface area contributed by atoms with Gasteiger partial charge in [-0.3, -0.25) is 24.1 Å². The number of hydrogen-bond donors (Lipinski definition) is 1. The van der Waals surface area contributed by atoms with Crippen molar-refractivity contribution in [1.82, 2.24) is 10.2 Å². The summed E-state index contributed by atoms with van der Waals surface area (Å²) in [6.45, 7) is 0. The maximum Gasteiger partial charge on any atom is 0.261 e. The topological polar surface area (TPSA) is 83.6 Å². The summed E-state index contributed by atoms with van der Waals surface area (Å²) in [5, 5.41) is 2.41. The number of nitrogens with one attached hydrogen (secondary N) is 1. The van der Waals surface area contributed by atoms with Gasteiger partial charge in [-0.05, 0) is 34.9 Å². The minimum atomic E-state index is -0.407. The van der Waals surface area contributed by atoms with Gasteiger partial charge in [0.25, 0.3) is 11.1 Å². The highest BCUT2D eigenvalue weighted by Crippen LogP contribution is 2.35. The lowest BCUT2D eigenvalue weighted by atomic mass is 9.93. The summed E-state index contributed by atoms with van der Waals surface area (Å²) in [7, 11) is 0. The zero-order valence-corrected chi connectivity index (χ0v) is 21.8. The number of rotatable bonds is 4. The third kappa shape index (κ3) is 7.27. The quantitative estimate of drug-likeness (QED) is 0.193. The van der Waals surface area contributed by atoms with Crippen molar-refractivity contribution in [3.8, 4) is 0 Å². The smallest absolute Gasteiger partial charge is 0.261 e. The monoisotopic (exact) mass is 538 g/mol. The van der Waals surface area contributed by atoms with Crippen LogP contribution >= 0.6 is 11.6 Å². The van der Waals surface area contributed by atoms with Crippen molar-refractivity contribution in [1.29, 1.82) is 0 Å². The van der Waals surface area contributed by atoms with E-state index in [4.69, 9.17) is 11.6 Å². The van der Waals surface area contributed by atoms with Gasteiger partial charge in [-0.2, -0.15) is 0 Å². The highest BCUT2D eigenvalue weighted by molar-refractivity contribution is 6.67. The van der Waals surface area contributed by atoms with Crippen molar-refractivity contribution in [2.24, 2.45) is 0 Å². The van der Waals surface area contributed by atoms with Gasteiger partial charge in [0, 0.05) is 11.1 Å². The molecule has 0 spiro atoms. The van der Waals surface area contributed by atoms with E-state index in [1.807, 2.05) is 72.8 Å². The van der Waals surface area contributed by atoms with E-state index in [2.05, 4.69) is 5.32 Å². The van der Waals surface area contributed by atoms with Crippen LogP contribution in [0.25, 0.3) is 0 Å². The minimum Gasteiger partial charge on any atom is -0.349 e. The van der Waals surface area contributed by atoms with Crippen LogP contribution in [0.15, 0.2) is 121 Å². The minimum absolute atomic E-state index is 0.109. The third-order valence-corrected chi connectivity index (χ3v) is 6.52. The van der Waals surface area contributed by atoms with Crippen LogP contribution in [0.5, 0.6) is 0 Å². The second-order valence-electron chi connectivity index (χ2n) is 8.94. The third-order valence-electron chi connectivity index (χ3n) is 6.30. The van der Waals surface area contributed by atoms with E-state index in [1.54, 1.807) is 48.5 Å². The van der Waals surface area contributed by atoms with E-state index in [9.17, 15) is 19.2 Å². The first kappa shape index (κ1) is 27.5. The molecule has 4 aromatic carbocycles. The fraction of sp³-hybridized carbons (Fsp3) is 0.125. The molecule has 4 aromatic rings. The number of halogens is 1. The number of carbonyl (C=O) groups excluding carboxylic acids is 4. The van der Waals surface area contributed by atoms with Crippen LogP contribution in [0.3, 0.4) is 0 Å². The molecular weight excluding hydrogens is 512 g/mol. The molecule has 0 aromatic heterocycles. The lowest BCUT2D eigenvalue weighted by molar-refractivity contribution is -0.141. The summed E-state index contributed by atoms with van der Waals surface area (Å²) in [5.74, 6) is -0.174. The number of benzene rings is 4. The second-order valence-corrected chi connectivity index (χ2v) is 9.28. The van der Waals surface area contributed by atoms with Crippen molar-refractivity contribution < 1.29 is 19.2 Å². The van der Waals surface area contributed by atoms with Gasteiger partial charge in [0.05, 0.1) is 24.9 Å². The molecule has 2 aliphatic heterocycles. The SMILES string of the molecule is O=C(Cl)c1ccccc1.O=C1CC(c2ccccc2)N1.O=C1CC(c2ccccc2)N1C(=O)c1ccccc1. The van der Waals surface area contributed by atoms with Crippen LogP contribution in [0.4, 0.5) is 0 Å². The standard InChI is InChI=1S/C16H13NO2.C9H9NO.C7H5ClO/c18-15-11-14(12-7-3-1-4-8-12)17(15)16(19)13-9-5-2-6-10-13;11-9-6-8(10-9)7-4-2-1-3-5-7;8-7(9)6-4-2-1-3-5-6/h1-10,14H,11H2;1-5,8H,6H2,(H,10,11);1-5H. The Hall–Kier alpha value is -4.55. The Kier molecular flexibility index (Phi) is 9.38. The molecule has 0 aliphatic carbocycles. The molecule has 2 aliphatic rings. The molecule has 2 saturated heterocycles. The number of imide groups is 1. The van der Waals surface area contributed by atoms with Gasteiger partial charge in [-0.15, -0.1) is 0 Å². The van der Waals surface area contributed by atoms with Crippen LogP contribution < -0.4 is 5.32 Å². The first-order valence-corrected chi connectivity index (χ1v) is 12.9. The van der Waals surface area contributed by atoms with Crippen molar-refractivity contribution in [2.75, 3.05) is 0 Å². The molecule has 2 heterocycles. The Morgan fingerprint density at radius 2 is 1.08 bits per heavy atom. The summed E-state index contributed by atoms with van der Waals surface area (Å²) >= 11 is 5.16. The highest BCUT2D eigenvalue weighted by Gasteiger charge is 2.41. The average molecular weight is 539 g/mol. The fourth-order valence-electron chi connectivity index (χ4n) is 4.15. The van der Waals surface area contributed by atoms with E-state index >= 15 is 0 Å². The number of β-lactam (4-membered cyclic amide) rings is 2. The molecule has 6 rings (SSSR count). The number of carbonyl (C=O) groups is 4. The molecule has 2 atom stereocenters. The van der Waals surface area contributed by atoms with Crippen LogP contribution in [0.1, 0.15) is 56.8 Å². The Morgan fingerprint density at radius 3 is 1.49 bits per heavy atom. The lowest BCUT2D eigenvalue weighted by Gasteiger charge is -2.39. The van der Waals surface area contributed by atoms with Gasteiger partial charge in [-0.1, -0.05) is 109 Å². The molecule has 39 heavy (non-hydrogen) atoms. The predicted octanol–water partition coefficient (Wildman–Crippen LogP) is 6.11. The van der Waals surface area contributed by atoms with Crippen LogP contribution in [0.2, 0.25) is 0 Å². The fourth-order valence-corrected chi connectivity index (χ4v) is 4.27. The molecular formula is C32H27ClN2O4. The summed E-state index contributed by atoms with van der Waals surface area (Å²) in [4.78, 5) is 46.4. The number of nitrogens with zero attached hydrogens (tertiary/aromatic N) is 1. The molecule has 1 N–H and O–H groups in total.